The number of nitro groups is 1. The molecule has 5 heteroatoms. The van der Waals surface area contributed by atoms with Crippen LogP contribution < -0.4 is 4.74 Å². The van der Waals surface area contributed by atoms with Crippen LogP contribution in [-0.4, -0.2) is 10.0 Å². The Morgan fingerprint density at radius 1 is 1.25 bits per heavy atom. The van der Waals surface area contributed by atoms with E-state index in [9.17, 15) is 10.1 Å². The molecule has 0 aromatic heterocycles. The number of nitrogens with zero attached hydrogens (tertiary/aromatic N) is 1. The van der Waals surface area contributed by atoms with E-state index >= 15 is 0 Å². The second kappa shape index (κ2) is 6.16. The van der Waals surface area contributed by atoms with E-state index < -0.39 is 4.92 Å². The van der Waals surface area contributed by atoms with Crippen molar-refractivity contribution in [3.05, 3.63) is 69.3 Å². The minimum absolute atomic E-state index is 0.101. The Morgan fingerprint density at radius 2 is 2.00 bits per heavy atom. The number of aryl methyl sites for hydroxylation is 1. The van der Waals surface area contributed by atoms with Crippen LogP contribution in [-0.2, 0) is 13.2 Å². The van der Waals surface area contributed by atoms with E-state index in [2.05, 4.69) is 0 Å². The molecule has 0 saturated carbocycles. The van der Waals surface area contributed by atoms with Gasteiger partial charge in [-0.2, -0.15) is 0 Å². The molecule has 2 aromatic rings. The molecular weight excluding hydrogens is 258 g/mol. The van der Waals surface area contributed by atoms with Gasteiger partial charge in [-0.25, -0.2) is 0 Å². The molecule has 0 saturated heterocycles. The smallest absolute Gasteiger partial charge is 0.310 e. The van der Waals surface area contributed by atoms with Crippen LogP contribution in [0.25, 0.3) is 0 Å². The van der Waals surface area contributed by atoms with Crippen molar-refractivity contribution in [1.29, 1.82) is 0 Å². The Labute approximate surface area is 116 Å². The molecule has 2 rings (SSSR count). The normalized spacial score (nSPS) is 10.3. The molecule has 2 aromatic carbocycles. The Kier molecular flexibility index (Phi) is 4.32. The van der Waals surface area contributed by atoms with Crippen LogP contribution in [0.2, 0.25) is 0 Å². The highest BCUT2D eigenvalue weighted by Crippen LogP contribution is 2.29. The first-order chi connectivity index (χ1) is 9.61. The number of nitro benzene ring substituents is 1. The van der Waals surface area contributed by atoms with Crippen molar-refractivity contribution < 1.29 is 14.8 Å². The summed E-state index contributed by atoms with van der Waals surface area (Å²) in [5.41, 5.74) is 2.51. The van der Waals surface area contributed by atoms with E-state index in [1.54, 1.807) is 0 Å². The summed E-state index contributed by atoms with van der Waals surface area (Å²) in [6.07, 6.45) is 0. The Morgan fingerprint density at radius 3 is 2.65 bits per heavy atom. The zero-order valence-electron chi connectivity index (χ0n) is 11.1. The average molecular weight is 273 g/mol. The fourth-order valence-electron chi connectivity index (χ4n) is 1.85. The zero-order valence-corrected chi connectivity index (χ0v) is 11.1. The largest absolute Gasteiger partial charge is 0.482 e. The maximum atomic E-state index is 11.0. The molecule has 0 radical (unpaired) electrons. The predicted molar refractivity (Wildman–Crippen MR) is 74.5 cm³/mol. The molecular formula is C15H15NO4. The number of hydrogen-bond acceptors (Lipinski definition) is 4. The highest BCUT2D eigenvalue weighted by atomic mass is 16.6. The Bertz CT molecular complexity index is 625. The molecule has 1 N–H and O–H groups in total. The summed E-state index contributed by atoms with van der Waals surface area (Å²) in [6.45, 7) is 2.03. The zero-order chi connectivity index (χ0) is 14.5. The van der Waals surface area contributed by atoms with E-state index in [1.165, 1.54) is 18.2 Å². The summed E-state index contributed by atoms with van der Waals surface area (Å²) in [7, 11) is 0. The summed E-state index contributed by atoms with van der Waals surface area (Å²) in [6, 6.07) is 12.0. The van der Waals surface area contributed by atoms with Crippen molar-refractivity contribution >= 4 is 5.69 Å². The topological polar surface area (TPSA) is 72.6 Å². The van der Waals surface area contributed by atoms with Crippen molar-refractivity contribution in [2.45, 2.75) is 20.1 Å². The monoisotopic (exact) mass is 273 g/mol. The SMILES string of the molecule is Cc1ccccc1COc1cc(CO)ccc1[N+](=O)[O-]. The number of aliphatic hydroxyl groups excluding tert-OH is 1. The Balaban J connectivity index is 2.24. The molecule has 104 valence electrons. The second-order valence-electron chi connectivity index (χ2n) is 4.43. The lowest BCUT2D eigenvalue weighted by Crippen LogP contribution is -2.01. The lowest BCUT2D eigenvalue weighted by Gasteiger charge is -2.09. The molecule has 0 atom stereocenters. The van der Waals surface area contributed by atoms with Crippen molar-refractivity contribution in [2.24, 2.45) is 0 Å². The van der Waals surface area contributed by atoms with Gasteiger partial charge in [0.25, 0.3) is 0 Å². The number of ether oxygens (including phenoxy) is 1. The molecule has 20 heavy (non-hydrogen) atoms. The van der Waals surface area contributed by atoms with Crippen molar-refractivity contribution in [2.75, 3.05) is 0 Å². The predicted octanol–water partition coefficient (Wildman–Crippen LogP) is 2.97. The molecule has 5 nitrogen and oxygen atoms in total. The van der Waals surface area contributed by atoms with E-state index in [0.29, 0.717) is 5.56 Å². The van der Waals surface area contributed by atoms with Gasteiger partial charge in [-0.3, -0.25) is 10.1 Å². The van der Waals surface area contributed by atoms with Gasteiger partial charge in [0.15, 0.2) is 5.75 Å². The van der Waals surface area contributed by atoms with Gasteiger partial charge < -0.3 is 9.84 Å². The van der Waals surface area contributed by atoms with Crippen LogP contribution in [0.1, 0.15) is 16.7 Å². The summed E-state index contributed by atoms with van der Waals surface area (Å²) in [5.74, 6) is 0.171. The highest BCUT2D eigenvalue weighted by molar-refractivity contribution is 5.48. The van der Waals surface area contributed by atoms with Crippen LogP contribution in [0.15, 0.2) is 42.5 Å². The minimum Gasteiger partial charge on any atom is -0.482 e. The van der Waals surface area contributed by atoms with Crippen LogP contribution >= 0.6 is 0 Å². The lowest BCUT2D eigenvalue weighted by atomic mass is 10.1. The third-order valence-electron chi connectivity index (χ3n) is 3.05. The van der Waals surface area contributed by atoms with Gasteiger partial charge in [-0.1, -0.05) is 24.3 Å². The van der Waals surface area contributed by atoms with Gasteiger partial charge in [0, 0.05) is 6.07 Å². The molecule has 0 bridgehead atoms. The second-order valence-corrected chi connectivity index (χ2v) is 4.43. The third kappa shape index (κ3) is 3.13. The van der Waals surface area contributed by atoms with Crippen molar-refractivity contribution in [3.63, 3.8) is 0 Å². The molecule has 0 aliphatic heterocycles. The maximum absolute atomic E-state index is 11.0. The summed E-state index contributed by atoms with van der Waals surface area (Å²) in [5, 5.41) is 20.1. The number of hydrogen-bond donors (Lipinski definition) is 1. The molecule has 0 spiro atoms. The van der Waals surface area contributed by atoms with Crippen molar-refractivity contribution in [3.8, 4) is 5.75 Å². The van der Waals surface area contributed by atoms with E-state index in [4.69, 9.17) is 9.84 Å². The highest BCUT2D eigenvalue weighted by Gasteiger charge is 2.15. The first kappa shape index (κ1) is 14.0. The van der Waals surface area contributed by atoms with Gasteiger partial charge >= 0.3 is 5.69 Å². The molecule has 0 heterocycles. The quantitative estimate of drug-likeness (QED) is 0.671. The molecule has 0 unspecified atom stereocenters. The third-order valence-corrected chi connectivity index (χ3v) is 3.05. The number of benzene rings is 2. The first-order valence-corrected chi connectivity index (χ1v) is 6.17. The van der Waals surface area contributed by atoms with E-state index in [-0.39, 0.29) is 24.7 Å². The molecule has 0 aliphatic carbocycles. The van der Waals surface area contributed by atoms with E-state index in [0.717, 1.165) is 11.1 Å². The fourth-order valence-corrected chi connectivity index (χ4v) is 1.85. The molecule has 0 aliphatic rings. The number of rotatable bonds is 5. The first-order valence-electron chi connectivity index (χ1n) is 6.17. The summed E-state index contributed by atoms with van der Waals surface area (Å²) < 4.78 is 5.56. The van der Waals surface area contributed by atoms with Crippen LogP contribution in [0.5, 0.6) is 5.75 Å². The van der Waals surface area contributed by atoms with Crippen molar-refractivity contribution in [1.82, 2.24) is 0 Å². The lowest BCUT2D eigenvalue weighted by molar-refractivity contribution is -0.386. The van der Waals surface area contributed by atoms with Crippen LogP contribution in [0.3, 0.4) is 0 Å². The van der Waals surface area contributed by atoms with Gasteiger partial charge in [-0.05, 0) is 35.7 Å². The van der Waals surface area contributed by atoms with Crippen LogP contribution in [0.4, 0.5) is 5.69 Å². The average Bonchev–Trinajstić information content (AvgIpc) is 2.46. The number of aliphatic hydroxyl groups is 1. The van der Waals surface area contributed by atoms with Gasteiger partial charge in [0.05, 0.1) is 11.5 Å². The minimum atomic E-state index is -0.492. The fraction of sp³-hybridized carbons (Fsp3) is 0.200. The maximum Gasteiger partial charge on any atom is 0.310 e. The van der Waals surface area contributed by atoms with Gasteiger partial charge in [0.1, 0.15) is 6.61 Å². The Hall–Kier alpha value is -2.40. The van der Waals surface area contributed by atoms with Gasteiger partial charge in [-0.15, -0.1) is 0 Å². The van der Waals surface area contributed by atoms with Crippen LogP contribution in [0, 0.1) is 17.0 Å². The molecule has 0 amide bonds. The summed E-state index contributed by atoms with van der Waals surface area (Å²) >= 11 is 0. The molecule has 0 fully saturated rings. The van der Waals surface area contributed by atoms with Gasteiger partial charge in [0.2, 0.25) is 0 Å². The van der Waals surface area contributed by atoms with E-state index in [1.807, 2.05) is 31.2 Å². The summed E-state index contributed by atoms with van der Waals surface area (Å²) in [4.78, 5) is 10.5. The standard InChI is InChI=1S/C15H15NO4/c1-11-4-2-3-5-13(11)10-20-15-8-12(9-17)6-7-14(15)16(18)19/h2-8,17H,9-10H2,1H3.